The Morgan fingerprint density at radius 3 is 2.56 bits per heavy atom. The largest absolute Gasteiger partial charge is 0.340 e. The monoisotopic (exact) mass is 408 g/mol. The molecule has 1 N–H and O–H groups in total. The second-order valence-corrected chi connectivity index (χ2v) is 8.89. The van der Waals surface area contributed by atoms with E-state index in [2.05, 4.69) is 9.97 Å². The molecule has 0 amide bonds. The molecule has 0 spiro atoms. The number of rotatable bonds is 3. The first-order valence-electron chi connectivity index (χ1n) is 8.51. The summed E-state index contributed by atoms with van der Waals surface area (Å²) in [4.78, 5) is 9.91. The Balaban J connectivity index is 1.51. The van der Waals surface area contributed by atoms with E-state index in [1.165, 1.54) is 10.4 Å². The van der Waals surface area contributed by atoms with Gasteiger partial charge in [-0.3, -0.25) is 0 Å². The molecule has 2 heterocycles. The topological polar surface area (TPSA) is 69.3 Å². The van der Waals surface area contributed by atoms with Gasteiger partial charge in [0.15, 0.2) is 0 Å². The molecule has 3 aromatic rings. The van der Waals surface area contributed by atoms with Crippen LogP contribution in [0.15, 0.2) is 41.3 Å². The number of hydrogen-bond donors (Lipinski definition) is 1. The minimum Gasteiger partial charge on any atom is -0.340 e. The van der Waals surface area contributed by atoms with Crippen LogP contribution in [0.2, 0.25) is 5.02 Å². The number of hydrogen-bond acceptors (Lipinski definition) is 4. The number of sulfonamides is 1. The van der Waals surface area contributed by atoms with Crippen LogP contribution in [0.1, 0.15) is 5.56 Å². The summed E-state index contributed by atoms with van der Waals surface area (Å²) in [5, 5.41) is -0.202. The predicted molar refractivity (Wildman–Crippen MR) is 103 cm³/mol. The van der Waals surface area contributed by atoms with Crippen molar-refractivity contribution in [2.45, 2.75) is 11.8 Å². The number of piperazine rings is 1. The highest BCUT2D eigenvalue weighted by molar-refractivity contribution is 7.89. The van der Waals surface area contributed by atoms with Crippen molar-refractivity contribution in [1.82, 2.24) is 14.3 Å². The van der Waals surface area contributed by atoms with Gasteiger partial charge in [0, 0.05) is 26.2 Å². The van der Waals surface area contributed by atoms with Gasteiger partial charge >= 0.3 is 0 Å². The van der Waals surface area contributed by atoms with E-state index < -0.39 is 15.8 Å². The van der Waals surface area contributed by atoms with Crippen LogP contribution in [-0.2, 0) is 10.0 Å². The Morgan fingerprint density at radius 2 is 1.85 bits per heavy atom. The molecule has 0 aliphatic carbocycles. The highest BCUT2D eigenvalue weighted by Gasteiger charge is 2.29. The average molecular weight is 409 g/mol. The molecule has 0 radical (unpaired) electrons. The van der Waals surface area contributed by atoms with Gasteiger partial charge in [-0.15, -0.1) is 0 Å². The van der Waals surface area contributed by atoms with Gasteiger partial charge in [0.25, 0.3) is 0 Å². The van der Waals surface area contributed by atoms with Crippen LogP contribution >= 0.6 is 11.6 Å². The summed E-state index contributed by atoms with van der Waals surface area (Å²) >= 11 is 5.73. The number of anilines is 1. The first-order chi connectivity index (χ1) is 12.8. The van der Waals surface area contributed by atoms with Gasteiger partial charge in [0.2, 0.25) is 16.0 Å². The lowest BCUT2D eigenvalue weighted by atomic mass is 10.2. The summed E-state index contributed by atoms with van der Waals surface area (Å²) in [5.74, 6) is 0.0954. The predicted octanol–water partition coefficient (Wildman–Crippen LogP) is 3.17. The van der Waals surface area contributed by atoms with Gasteiger partial charge in [-0.2, -0.15) is 4.31 Å². The van der Waals surface area contributed by atoms with E-state index in [9.17, 15) is 12.8 Å². The second kappa shape index (κ2) is 6.78. The zero-order valence-electron chi connectivity index (χ0n) is 14.6. The number of H-pyrrole nitrogens is 1. The maximum absolute atomic E-state index is 13.3. The third-order valence-electron chi connectivity index (χ3n) is 4.69. The maximum atomic E-state index is 13.3. The molecule has 142 valence electrons. The van der Waals surface area contributed by atoms with Crippen LogP contribution < -0.4 is 4.90 Å². The van der Waals surface area contributed by atoms with Gasteiger partial charge < -0.3 is 9.88 Å². The van der Waals surface area contributed by atoms with Crippen LogP contribution in [0, 0.1) is 12.7 Å². The standard InChI is InChI=1S/C18H18ClFN4O2S/c1-12-2-5-16-17(10-12)22-18(21-16)23-6-8-24(9-7-23)27(25,26)13-3-4-15(20)14(19)11-13/h2-5,10-11H,6-9H2,1H3,(H,21,22). The number of halogens is 2. The van der Waals surface area contributed by atoms with Crippen molar-refractivity contribution in [2.24, 2.45) is 0 Å². The molecule has 0 atom stereocenters. The maximum Gasteiger partial charge on any atom is 0.243 e. The Hall–Kier alpha value is -2.16. The number of imidazole rings is 1. The minimum atomic E-state index is -3.71. The lowest BCUT2D eigenvalue weighted by molar-refractivity contribution is 0.383. The number of benzene rings is 2. The summed E-state index contributed by atoms with van der Waals surface area (Å²) in [5.41, 5.74) is 2.99. The lowest BCUT2D eigenvalue weighted by Crippen LogP contribution is -2.49. The number of aromatic amines is 1. The van der Waals surface area contributed by atoms with Crippen molar-refractivity contribution in [3.05, 3.63) is 52.8 Å². The molecule has 1 fully saturated rings. The third-order valence-corrected chi connectivity index (χ3v) is 6.88. The van der Waals surface area contributed by atoms with Crippen molar-refractivity contribution in [2.75, 3.05) is 31.1 Å². The zero-order chi connectivity index (χ0) is 19.2. The molecule has 27 heavy (non-hydrogen) atoms. The molecule has 1 aromatic heterocycles. The van der Waals surface area contributed by atoms with E-state index in [1.807, 2.05) is 30.0 Å². The average Bonchev–Trinajstić information content (AvgIpc) is 3.07. The van der Waals surface area contributed by atoms with E-state index in [0.717, 1.165) is 34.7 Å². The first-order valence-corrected chi connectivity index (χ1v) is 10.3. The second-order valence-electron chi connectivity index (χ2n) is 6.55. The summed E-state index contributed by atoms with van der Waals surface area (Å²) < 4.78 is 40.3. The Morgan fingerprint density at radius 1 is 1.11 bits per heavy atom. The van der Waals surface area contributed by atoms with Crippen LogP contribution in [-0.4, -0.2) is 48.9 Å². The van der Waals surface area contributed by atoms with Crippen LogP contribution in [0.3, 0.4) is 0 Å². The van der Waals surface area contributed by atoms with Gasteiger partial charge in [-0.1, -0.05) is 17.7 Å². The molecule has 1 aliphatic heterocycles. The highest BCUT2D eigenvalue weighted by atomic mass is 35.5. The molecule has 0 saturated carbocycles. The fourth-order valence-electron chi connectivity index (χ4n) is 3.19. The van der Waals surface area contributed by atoms with Gasteiger partial charge in [-0.05, 0) is 42.8 Å². The zero-order valence-corrected chi connectivity index (χ0v) is 16.2. The van der Waals surface area contributed by atoms with E-state index >= 15 is 0 Å². The lowest BCUT2D eigenvalue weighted by Gasteiger charge is -2.33. The normalized spacial score (nSPS) is 16.2. The Bertz CT molecular complexity index is 1110. The van der Waals surface area contributed by atoms with Gasteiger partial charge in [-0.25, -0.2) is 17.8 Å². The minimum absolute atomic E-state index is 0.00145. The molecular weight excluding hydrogens is 391 g/mol. The van der Waals surface area contributed by atoms with E-state index in [-0.39, 0.29) is 9.92 Å². The SMILES string of the molecule is Cc1ccc2nc(N3CCN(S(=O)(=O)c4ccc(F)c(Cl)c4)CC3)[nH]c2c1. The number of nitrogens with zero attached hydrogens (tertiary/aromatic N) is 3. The molecule has 0 unspecified atom stereocenters. The molecular formula is C18H18ClFN4O2S. The first kappa shape index (κ1) is 18.2. The van der Waals surface area contributed by atoms with E-state index in [1.54, 1.807) is 0 Å². The highest BCUT2D eigenvalue weighted by Crippen LogP contribution is 2.25. The smallest absolute Gasteiger partial charge is 0.243 e. The number of aromatic nitrogens is 2. The number of aryl methyl sites for hydroxylation is 1. The molecule has 2 aromatic carbocycles. The van der Waals surface area contributed by atoms with Gasteiger partial charge in [0.05, 0.1) is 21.0 Å². The molecule has 9 heteroatoms. The van der Waals surface area contributed by atoms with Crippen LogP contribution in [0.25, 0.3) is 11.0 Å². The molecule has 1 aliphatic rings. The Kier molecular flexibility index (Phi) is 4.57. The molecule has 1 saturated heterocycles. The fraction of sp³-hybridized carbons (Fsp3) is 0.278. The van der Waals surface area contributed by atoms with Gasteiger partial charge in [0.1, 0.15) is 5.82 Å². The Labute approximate surface area is 161 Å². The van der Waals surface area contributed by atoms with Crippen molar-refractivity contribution in [3.8, 4) is 0 Å². The summed E-state index contributed by atoms with van der Waals surface area (Å²) in [6.07, 6.45) is 0. The molecule has 4 rings (SSSR count). The third kappa shape index (κ3) is 3.40. The number of fused-ring (bicyclic) bond motifs is 1. The fourth-order valence-corrected chi connectivity index (χ4v) is 4.88. The summed E-state index contributed by atoms with van der Waals surface area (Å²) in [7, 11) is -3.71. The number of nitrogens with one attached hydrogen (secondary N) is 1. The van der Waals surface area contributed by atoms with Crippen molar-refractivity contribution in [1.29, 1.82) is 0 Å². The molecule has 0 bridgehead atoms. The van der Waals surface area contributed by atoms with Crippen LogP contribution in [0.5, 0.6) is 0 Å². The van der Waals surface area contributed by atoms with Crippen molar-refractivity contribution in [3.63, 3.8) is 0 Å². The van der Waals surface area contributed by atoms with E-state index in [4.69, 9.17) is 11.6 Å². The van der Waals surface area contributed by atoms with E-state index in [0.29, 0.717) is 26.2 Å². The van der Waals surface area contributed by atoms with Crippen molar-refractivity contribution < 1.29 is 12.8 Å². The summed E-state index contributed by atoms with van der Waals surface area (Å²) in [6, 6.07) is 9.46. The van der Waals surface area contributed by atoms with Crippen molar-refractivity contribution >= 4 is 38.6 Å². The summed E-state index contributed by atoms with van der Waals surface area (Å²) in [6.45, 7) is 3.66. The molecule has 6 nitrogen and oxygen atoms in total. The van der Waals surface area contributed by atoms with Crippen LogP contribution in [0.4, 0.5) is 10.3 Å². The quantitative estimate of drug-likeness (QED) is 0.722.